The van der Waals surface area contributed by atoms with E-state index < -0.39 is 5.25 Å². The van der Waals surface area contributed by atoms with Crippen LogP contribution in [-0.2, 0) is 9.59 Å². The number of hydrogen-bond acceptors (Lipinski definition) is 5. The van der Waals surface area contributed by atoms with E-state index in [0.717, 1.165) is 10.2 Å². The van der Waals surface area contributed by atoms with Crippen LogP contribution in [0, 0.1) is 5.82 Å². The number of nitrogens with zero attached hydrogens (tertiary/aromatic N) is 1. The van der Waals surface area contributed by atoms with Gasteiger partial charge >= 0.3 is 0 Å². The summed E-state index contributed by atoms with van der Waals surface area (Å²) in [6.45, 7) is 1.73. The van der Waals surface area contributed by atoms with Crippen molar-refractivity contribution in [3.8, 4) is 0 Å². The molecule has 0 unspecified atom stereocenters. The van der Waals surface area contributed by atoms with Gasteiger partial charge in [0, 0.05) is 5.69 Å². The largest absolute Gasteiger partial charge is 0.325 e. The van der Waals surface area contributed by atoms with Gasteiger partial charge in [-0.1, -0.05) is 23.5 Å². The monoisotopic (exact) mass is 389 g/mol. The van der Waals surface area contributed by atoms with Crippen molar-refractivity contribution >= 4 is 55.9 Å². The Kier molecular flexibility index (Phi) is 5.85. The van der Waals surface area contributed by atoms with Crippen molar-refractivity contribution in [2.45, 2.75) is 12.2 Å². The summed E-state index contributed by atoms with van der Waals surface area (Å²) in [4.78, 5) is 28.6. The highest BCUT2D eigenvalue weighted by atomic mass is 32.2. The lowest BCUT2D eigenvalue weighted by molar-refractivity contribution is -0.115. The molecule has 26 heavy (non-hydrogen) atoms. The lowest BCUT2D eigenvalue weighted by atomic mass is 10.3. The number of benzene rings is 2. The van der Waals surface area contributed by atoms with E-state index in [4.69, 9.17) is 0 Å². The van der Waals surface area contributed by atoms with E-state index in [-0.39, 0.29) is 23.4 Å². The van der Waals surface area contributed by atoms with Gasteiger partial charge in [-0.2, -0.15) is 0 Å². The van der Waals surface area contributed by atoms with Crippen molar-refractivity contribution in [1.82, 2.24) is 4.98 Å². The minimum Gasteiger partial charge on any atom is -0.325 e. The van der Waals surface area contributed by atoms with E-state index in [2.05, 4.69) is 15.6 Å². The quantitative estimate of drug-likeness (QED) is 0.665. The van der Waals surface area contributed by atoms with E-state index in [9.17, 15) is 14.0 Å². The molecule has 8 heteroatoms. The number of thioether (sulfide) groups is 1. The SMILES string of the molecule is C[C@@H](SCC(=O)Nc1ccc(F)cc1)C(=O)Nc1nc2ccccc2s1. The van der Waals surface area contributed by atoms with Crippen LogP contribution in [0.5, 0.6) is 0 Å². The van der Waals surface area contributed by atoms with Crippen LogP contribution in [0.2, 0.25) is 0 Å². The number of hydrogen-bond donors (Lipinski definition) is 2. The van der Waals surface area contributed by atoms with Gasteiger partial charge < -0.3 is 10.6 Å². The van der Waals surface area contributed by atoms with Gasteiger partial charge in [0.1, 0.15) is 5.82 Å². The molecule has 3 rings (SSSR count). The molecule has 0 aliphatic carbocycles. The van der Waals surface area contributed by atoms with E-state index in [1.807, 2.05) is 24.3 Å². The molecule has 0 saturated carbocycles. The average molecular weight is 389 g/mol. The molecule has 2 amide bonds. The Morgan fingerprint density at radius 2 is 1.88 bits per heavy atom. The minimum atomic E-state index is -0.416. The topological polar surface area (TPSA) is 71.1 Å². The van der Waals surface area contributed by atoms with Crippen molar-refractivity contribution in [3.05, 3.63) is 54.3 Å². The van der Waals surface area contributed by atoms with Gasteiger partial charge in [0.2, 0.25) is 11.8 Å². The molecule has 1 atom stereocenters. The van der Waals surface area contributed by atoms with Gasteiger partial charge in [0.15, 0.2) is 5.13 Å². The first kappa shape index (κ1) is 18.3. The number of anilines is 2. The molecule has 3 aromatic rings. The standard InChI is InChI=1S/C18H16FN3O2S2/c1-11(25-10-16(23)20-13-8-6-12(19)7-9-13)17(24)22-18-21-14-4-2-3-5-15(14)26-18/h2-9,11H,10H2,1H3,(H,20,23)(H,21,22,24)/t11-/m1/s1. The molecule has 2 N–H and O–H groups in total. The van der Waals surface area contributed by atoms with Crippen LogP contribution in [0.3, 0.4) is 0 Å². The summed E-state index contributed by atoms with van der Waals surface area (Å²) in [5.41, 5.74) is 1.36. The third-order valence-electron chi connectivity index (χ3n) is 3.49. The number of para-hydroxylation sites is 1. The molecule has 0 aliphatic heterocycles. The summed E-state index contributed by atoms with van der Waals surface area (Å²) in [6.07, 6.45) is 0. The maximum atomic E-state index is 12.8. The van der Waals surface area contributed by atoms with Crippen molar-refractivity contribution in [1.29, 1.82) is 0 Å². The van der Waals surface area contributed by atoms with E-state index in [0.29, 0.717) is 10.8 Å². The number of amides is 2. The molecule has 0 saturated heterocycles. The summed E-state index contributed by atoms with van der Waals surface area (Å²) in [5, 5.41) is 5.57. The summed E-state index contributed by atoms with van der Waals surface area (Å²) in [6, 6.07) is 13.2. The molecular formula is C18H16FN3O2S2. The number of aromatic nitrogens is 1. The highest BCUT2D eigenvalue weighted by molar-refractivity contribution is 8.01. The molecule has 1 heterocycles. The zero-order valence-electron chi connectivity index (χ0n) is 13.9. The minimum absolute atomic E-state index is 0.117. The average Bonchev–Trinajstić information content (AvgIpc) is 3.03. The van der Waals surface area contributed by atoms with Crippen LogP contribution in [0.15, 0.2) is 48.5 Å². The van der Waals surface area contributed by atoms with E-state index in [1.54, 1.807) is 6.92 Å². The Morgan fingerprint density at radius 3 is 2.62 bits per heavy atom. The number of nitrogens with one attached hydrogen (secondary N) is 2. The van der Waals surface area contributed by atoms with Gasteiger partial charge in [0.05, 0.1) is 21.2 Å². The molecule has 5 nitrogen and oxygen atoms in total. The highest BCUT2D eigenvalue weighted by Crippen LogP contribution is 2.26. The fourth-order valence-corrected chi connectivity index (χ4v) is 3.69. The van der Waals surface area contributed by atoms with Crippen LogP contribution < -0.4 is 10.6 Å². The number of rotatable bonds is 6. The second kappa shape index (κ2) is 8.29. The number of thiazole rings is 1. The molecule has 0 aliphatic rings. The normalized spacial score (nSPS) is 11.9. The van der Waals surface area contributed by atoms with Crippen LogP contribution in [0.25, 0.3) is 10.2 Å². The Bertz CT molecular complexity index is 895. The third-order valence-corrected chi connectivity index (χ3v) is 5.58. The molecule has 2 aromatic carbocycles. The van der Waals surface area contributed by atoms with Crippen molar-refractivity contribution in [2.24, 2.45) is 0 Å². The second-order valence-electron chi connectivity index (χ2n) is 5.48. The number of carbonyl (C=O) groups is 2. The number of fused-ring (bicyclic) bond motifs is 1. The first-order chi connectivity index (χ1) is 12.5. The summed E-state index contributed by atoms with van der Waals surface area (Å²) in [5.74, 6) is -0.700. The van der Waals surface area contributed by atoms with Crippen LogP contribution >= 0.6 is 23.1 Å². The lowest BCUT2D eigenvalue weighted by Crippen LogP contribution is -2.24. The van der Waals surface area contributed by atoms with E-state index in [1.165, 1.54) is 47.4 Å². The Hall–Kier alpha value is -2.45. The van der Waals surface area contributed by atoms with Gasteiger partial charge in [-0.05, 0) is 43.3 Å². The van der Waals surface area contributed by atoms with Crippen LogP contribution in [-0.4, -0.2) is 27.8 Å². The maximum absolute atomic E-state index is 12.8. The molecule has 0 fully saturated rings. The summed E-state index contributed by atoms with van der Waals surface area (Å²) in [7, 11) is 0. The molecule has 1 aromatic heterocycles. The Labute approximate surface area is 158 Å². The second-order valence-corrected chi connectivity index (χ2v) is 7.84. The smallest absolute Gasteiger partial charge is 0.239 e. The Morgan fingerprint density at radius 1 is 1.15 bits per heavy atom. The Balaban J connectivity index is 1.49. The van der Waals surface area contributed by atoms with Crippen molar-refractivity contribution in [3.63, 3.8) is 0 Å². The van der Waals surface area contributed by atoms with E-state index >= 15 is 0 Å². The van der Waals surface area contributed by atoms with Crippen molar-refractivity contribution < 1.29 is 14.0 Å². The molecular weight excluding hydrogens is 373 g/mol. The first-order valence-electron chi connectivity index (χ1n) is 7.85. The molecule has 134 valence electrons. The van der Waals surface area contributed by atoms with Crippen LogP contribution in [0.4, 0.5) is 15.2 Å². The first-order valence-corrected chi connectivity index (χ1v) is 9.71. The predicted octanol–water partition coefficient (Wildman–Crippen LogP) is 4.13. The highest BCUT2D eigenvalue weighted by Gasteiger charge is 2.17. The molecule has 0 radical (unpaired) electrons. The summed E-state index contributed by atoms with van der Waals surface area (Å²) < 4.78 is 13.8. The zero-order valence-corrected chi connectivity index (χ0v) is 15.5. The number of halogens is 1. The van der Waals surface area contributed by atoms with Gasteiger partial charge in [-0.3, -0.25) is 9.59 Å². The molecule has 0 bridgehead atoms. The van der Waals surface area contributed by atoms with Gasteiger partial charge in [-0.15, -0.1) is 11.8 Å². The zero-order chi connectivity index (χ0) is 18.5. The van der Waals surface area contributed by atoms with Crippen LogP contribution in [0.1, 0.15) is 6.92 Å². The fraction of sp³-hybridized carbons (Fsp3) is 0.167. The van der Waals surface area contributed by atoms with Crippen molar-refractivity contribution in [2.75, 3.05) is 16.4 Å². The fourth-order valence-electron chi connectivity index (χ4n) is 2.14. The predicted molar refractivity (Wildman–Crippen MR) is 105 cm³/mol. The summed E-state index contributed by atoms with van der Waals surface area (Å²) >= 11 is 2.63. The number of carbonyl (C=O) groups excluding carboxylic acids is 2. The maximum Gasteiger partial charge on any atom is 0.239 e. The van der Waals surface area contributed by atoms with Gasteiger partial charge in [-0.25, -0.2) is 9.37 Å². The molecule has 0 spiro atoms. The lowest BCUT2D eigenvalue weighted by Gasteiger charge is -2.10. The van der Waals surface area contributed by atoms with Gasteiger partial charge in [0.25, 0.3) is 0 Å². The third kappa shape index (κ3) is 4.80.